The van der Waals surface area contributed by atoms with Crippen LogP contribution in [0.25, 0.3) is 0 Å². The first-order valence-electron chi connectivity index (χ1n) is 5.83. The highest BCUT2D eigenvalue weighted by molar-refractivity contribution is 6.31. The molecule has 0 fully saturated rings. The van der Waals surface area contributed by atoms with E-state index in [1.54, 1.807) is 7.11 Å². The largest absolute Gasteiger partial charge is 0.395 e. The number of nitrogens with zero attached hydrogens (tertiary/aromatic N) is 2. The number of hydrogen-bond donors (Lipinski definition) is 1. The standard InChI is InChI=1S/C12H17ClN2O4/c1-19-7-5-14(4-6-16)9-10-8-11(15(17)18)2-3-12(10)13/h2-3,8,16H,4-7,9H2,1H3. The van der Waals surface area contributed by atoms with Crippen molar-refractivity contribution >= 4 is 17.3 Å². The van der Waals surface area contributed by atoms with E-state index in [1.165, 1.54) is 18.2 Å². The van der Waals surface area contributed by atoms with E-state index in [1.807, 2.05) is 4.90 Å². The molecular weight excluding hydrogens is 272 g/mol. The average Bonchev–Trinajstić information content (AvgIpc) is 2.38. The molecule has 0 atom stereocenters. The molecule has 19 heavy (non-hydrogen) atoms. The van der Waals surface area contributed by atoms with Crippen LogP contribution in [0, 0.1) is 10.1 Å². The highest BCUT2D eigenvalue weighted by Gasteiger charge is 2.13. The molecular formula is C12H17ClN2O4. The van der Waals surface area contributed by atoms with E-state index in [0.29, 0.717) is 36.8 Å². The first-order chi connectivity index (χ1) is 9.08. The maximum Gasteiger partial charge on any atom is 0.269 e. The lowest BCUT2D eigenvalue weighted by Crippen LogP contribution is -2.30. The Hall–Kier alpha value is -1.21. The second-order valence-electron chi connectivity index (χ2n) is 4.03. The molecule has 106 valence electrons. The van der Waals surface area contributed by atoms with Crippen LogP contribution in [-0.2, 0) is 11.3 Å². The van der Waals surface area contributed by atoms with Gasteiger partial charge in [0.1, 0.15) is 0 Å². The lowest BCUT2D eigenvalue weighted by Gasteiger charge is -2.21. The van der Waals surface area contributed by atoms with Crippen LogP contribution in [0.4, 0.5) is 5.69 Å². The molecule has 0 amide bonds. The van der Waals surface area contributed by atoms with Gasteiger partial charge in [-0.15, -0.1) is 0 Å². The zero-order valence-electron chi connectivity index (χ0n) is 10.7. The van der Waals surface area contributed by atoms with Crippen molar-refractivity contribution in [3.63, 3.8) is 0 Å². The predicted molar refractivity (Wildman–Crippen MR) is 72.3 cm³/mol. The molecule has 0 saturated carbocycles. The van der Waals surface area contributed by atoms with Gasteiger partial charge in [0, 0.05) is 43.9 Å². The fourth-order valence-electron chi connectivity index (χ4n) is 1.67. The molecule has 6 nitrogen and oxygen atoms in total. The zero-order valence-corrected chi connectivity index (χ0v) is 11.5. The Bertz CT molecular complexity index is 428. The van der Waals surface area contributed by atoms with E-state index in [4.69, 9.17) is 21.4 Å². The van der Waals surface area contributed by atoms with Crippen molar-refractivity contribution in [2.75, 3.05) is 33.4 Å². The summed E-state index contributed by atoms with van der Waals surface area (Å²) in [5.74, 6) is 0. The van der Waals surface area contributed by atoms with Gasteiger partial charge in [-0.05, 0) is 11.6 Å². The number of nitro groups is 1. The summed E-state index contributed by atoms with van der Waals surface area (Å²) in [7, 11) is 1.59. The molecule has 1 aromatic rings. The number of rotatable bonds is 8. The number of ether oxygens (including phenoxy) is 1. The first kappa shape index (κ1) is 15.8. The Morgan fingerprint density at radius 2 is 2.21 bits per heavy atom. The molecule has 7 heteroatoms. The molecule has 0 radical (unpaired) electrons. The normalized spacial score (nSPS) is 10.9. The number of non-ortho nitro benzene ring substituents is 1. The lowest BCUT2D eigenvalue weighted by atomic mass is 10.2. The third-order valence-electron chi connectivity index (χ3n) is 2.66. The van der Waals surface area contributed by atoms with Gasteiger partial charge in [-0.2, -0.15) is 0 Å². The van der Waals surface area contributed by atoms with Crippen LogP contribution in [0.2, 0.25) is 5.02 Å². The number of hydrogen-bond acceptors (Lipinski definition) is 5. The molecule has 0 unspecified atom stereocenters. The molecule has 1 aromatic carbocycles. The summed E-state index contributed by atoms with van der Waals surface area (Å²) in [5.41, 5.74) is 0.676. The molecule has 1 N–H and O–H groups in total. The van der Waals surface area contributed by atoms with Crippen LogP contribution in [0.1, 0.15) is 5.56 Å². The number of benzene rings is 1. The van der Waals surface area contributed by atoms with Gasteiger partial charge in [-0.3, -0.25) is 15.0 Å². The number of methoxy groups -OCH3 is 1. The quantitative estimate of drug-likeness (QED) is 0.582. The van der Waals surface area contributed by atoms with Crippen molar-refractivity contribution < 1.29 is 14.8 Å². The average molecular weight is 289 g/mol. The van der Waals surface area contributed by atoms with E-state index in [0.717, 1.165) is 0 Å². The molecule has 0 saturated heterocycles. The summed E-state index contributed by atoms with van der Waals surface area (Å²) in [5, 5.41) is 20.2. The van der Waals surface area contributed by atoms with Crippen molar-refractivity contribution in [2.45, 2.75) is 6.54 Å². The molecule has 0 aliphatic carbocycles. The van der Waals surface area contributed by atoms with Gasteiger partial charge in [0.25, 0.3) is 5.69 Å². The van der Waals surface area contributed by atoms with Gasteiger partial charge in [0.15, 0.2) is 0 Å². The van der Waals surface area contributed by atoms with Crippen molar-refractivity contribution in [1.82, 2.24) is 4.90 Å². The minimum atomic E-state index is -0.453. The minimum Gasteiger partial charge on any atom is -0.395 e. The summed E-state index contributed by atoms with van der Waals surface area (Å²) >= 11 is 6.04. The van der Waals surface area contributed by atoms with E-state index in [2.05, 4.69) is 0 Å². The molecule has 0 aliphatic rings. The third kappa shape index (κ3) is 5.12. The van der Waals surface area contributed by atoms with Gasteiger partial charge < -0.3 is 9.84 Å². The van der Waals surface area contributed by atoms with Crippen molar-refractivity contribution in [3.05, 3.63) is 38.9 Å². The third-order valence-corrected chi connectivity index (χ3v) is 3.03. The predicted octanol–water partition coefficient (Wildman–Crippen LogP) is 1.69. The molecule has 0 heterocycles. The molecule has 0 bridgehead atoms. The fraction of sp³-hybridized carbons (Fsp3) is 0.500. The summed E-state index contributed by atoms with van der Waals surface area (Å²) in [6, 6.07) is 4.35. The second kappa shape index (κ2) is 8.06. The fourth-order valence-corrected chi connectivity index (χ4v) is 1.85. The van der Waals surface area contributed by atoms with Gasteiger partial charge in [0.05, 0.1) is 18.1 Å². The van der Waals surface area contributed by atoms with Gasteiger partial charge >= 0.3 is 0 Å². The Kier molecular flexibility index (Phi) is 6.72. The van der Waals surface area contributed by atoms with Gasteiger partial charge in [0.2, 0.25) is 0 Å². The highest BCUT2D eigenvalue weighted by atomic mass is 35.5. The van der Waals surface area contributed by atoms with Gasteiger partial charge in [-0.25, -0.2) is 0 Å². The van der Waals surface area contributed by atoms with Crippen LogP contribution >= 0.6 is 11.6 Å². The number of nitro benzene ring substituents is 1. The van der Waals surface area contributed by atoms with E-state index >= 15 is 0 Å². The SMILES string of the molecule is COCCN(CCO)Cc1cc([N+](=O)[O-])ccc1Cl. The van der Waals surface area contributed by atoms with Crippen molar-refractivity contribution in [3.8, 4) is 0 Å². The first-order valence-corrected chi connectivity index (χ1v) is 6.21. The Labute approximate surface area is 116 Å². The van der Waals surface area contributed by atoms with E-state index < -0.39 is 4.92 Å². The molecule has 0 spiro atoms. The second-order valence-corrected chi connectivity index (χ2v) is 4.43. The van der Waals surface area contributed by atoms with Crippen molar-refractivity contribution in [2.24, 2.45) is 0 Å². The zero-order chi connectivity index (χ0) is 14.3. The summed E-state index contributed by atoms with van der Waals surface area (Å²) in [6.45, 7) is 2.05. The van der Waals surface area contributed by atoms with Crippen LogP contribution in [0.15, 0.2) is 18.2 Å². The molecule has 1 rings (SSSR count). The van der Waals surface area contributed by atoms with Crippen molar-refractivity contribution in [1.29, 1.82) is 0 Å². The minimum absolute atomic E-state index is 0.00934. The summed E-state index contributed by atoms with van der Waals surface area (Å²) in [6.07, 6.45) is 0. The Morgan fingerprint density at radius 1 is 1.47 bits per heavy atom. The number of halogens is 1. The topological polar surface area (TPSA) is 75.8 Å². The molecule has 0 aliphatic heterocycles. The van der Waals surface area contributed by atoms with Crippen LogP contribution in [0.5, 0.6) is 0 Å². The van der Waals surface area contributed by atoms with Crippen LogP contribution in [0.3, 0.4) is 0 Å². The smallest absolute Gasteiger partial charge is 0.269 e. The van der Waals surface area contributed by atoms with Gasteiger partial charge in [-0.1, -0.05) is 11.6 Å². The van der Waals surface area contributed by atoms with Crippen LogP contribution < -0.4 is 0 Å². The summed E-state index contributed by atoms with van der Waals surface area (Å²) < 4.78 is 4.98. The molecule has 0 aromatic heterocycles. The van der Waals surface area contributed by atoms with E-state index in [9.17, 15) is 10.1 Å². The Morgan fingerprint density at radius 3 is 2.79 bits per heavy atom. The maximum absolute atomic E-state index is 10.7. The highest BCUT2D eigenvalue weighted by Crippen LogP contribution is 2.23. The monoisotopic (exact) mass is 288 g/mol. The summed E-state index contributed by atoms with van der Waals surface area (Å²) in [4.78, 5) is 12.2. The Balaban J connectivity index is 2.81. The number of aliphatic hydroxyl groups excluding tert-OH is 1. The maximum atomic E-state index is 10.7. The van der Waals surface area contributed by atoms with Crippen LogP contribution in [-0.4, -0.2) is 48.3 Å². The lowest BCUT2D eigenvalue weighted by molar-refractivity contribution is -0.384. The van der Waals surface area contributed by atoms with E-state index in [-0.39, 0.29) is 12.3 Å². The number of aliphatic hydroxyl groups is 1.